The van der Waals surface area contributed by atoms with Gasteiger partial charge in [0.05, 0.1) is 6.54 Å². The molecule has 0 bridgehead atoms. The summed E-state index contributed by atoms with van der Waals surface area (Å²) in [5.74, 6) is 0. The summed E-state index contributed by atoms with van der Waals surface area (Å²) in [5, 5.41) is 6.71. The SMILES string of the molecule is O=CNc1ccc(Cn2cccn2)cc1. The lowest BCUT2D eigenvalue weighted by atomic mass is 10.2. The second-order valence-electron chi connectivity index (χ2n) is 3.16. The third-order valence-corrected chi connectivity index (χ3v) is 2.08. The first kappa shape index (κ1) is 9.45. The summed E-state index contributed by atoms with van der Waals surface area (Å²) in [4.78, 5) is 10.2. The Balaban J connectivity index is 2.07. The molecule has 15 heavy (non-hydrogen) atoms. The second kappa shape index (κ2) is 4.41. The molecular weight excluding hydrogens is 190 g/mol. The van der Waals surface area contributed by atoms with Crippen molar-refractivity contribution >= 4 is 12.1 Å². The first-order valence-electron chi connectivity index (χ1n) is 4.65. The van der Waals surface area contributed by atoms with E-state index in [-0.39, 0.29) is 0 Å². The van der Waals surface area contributed by atoms with Crippen LogP contribution in [0.3, 0.4) is 0 Å². The van der Waals surface area contributed by atoms with Crippen molar-refractivity contribution in [3.05, 3.63) is 48.3 Å². The second-order valence-corrected chi connectivity index (χ2v) is 3.16. The van der Waals surface area contributed by atoms with E-state index in [0.29, 0.717) is 6.41 Å². The normalized spacial score (nSPS) is 9.87. The van der Waals surface area contributed by atoms with Crippen molar-refractivity contribution in [2.45, 2.75) is 6.54 Å². The molecule has 1 amide bonds. The van der Waals surface area contributed by atoms with Crippen molar-refractivity contribution < 1.29 is 4.79 Å². The zero-order chi connectivity index (χ0) is 10.5. The van der Waals surface area contributed by atoms with Crippen LogP contribution in [0.2, 0.25) is 0 Å². The minimum Gasteiger partial charge on any atom is -0.329 e. The van der Waals surface area contributed by atoms with Gasteiger partial charge in [0.15, 0.2) is 0 Å². The Kier molecular flexibility index (Phi) is 2.78. The highest BCUT2D eigenvalue weighted by Crippen LogP contribution is 2.09. The number of aromatic nitrogens is 2. The number of nitrogens with zero attached hydrogens (tertiary/aromatic N) is 2. The lowest BCUT2D eigenvalue weighted by Crippen LogP contribution is -2.00. The number of rotatable bonds is 4. The molecule has 0 spiro atoms. The van der Waals surface area contributed by atoms with Gasteiger partial charge < -0.3 is 5.32 Å². The molecule has 76 valence electrons. The van der Waals surface area contributed by atoms with Gasteiger partial charge in [-0.05, 0) is 23.8 Å². The van der Waals surface area contributed by atoms with Crippen LogP contribution in [-0.4, -0.2) is 16.2 Å². The van der Waals surface area contributed by atoms with E-state index in [1.165, 1.54) is 0 Å². The molecule has 0 saturated heterocycles. The molecule has 0 saturated carbocycles. The van der Waals surface area contributed by atoms with Crippen LogP contribution >= 0.6 is 0 Å². The Hall–Kier alpha value is -2.10. The maximum Gasteiger partial charge on any atom is 0.211 e. The molecule has 4 heteroatoms. The van der Waals surface area contributed by atoms with Gasteiger partial charge >= 0.3 is 0 Å². The Morgan fingerprint density at radius 2 is 2.13 bits per heavy atom. The van der Waals surface area contributed by atoms with Gasteiger partial charge in [0.25, 0.3) is 0 Å². The van der Waals surface area contributed by atoms with E-state index in [9.17, 15) is 4.79 Å². The van der Waals surface area contributed by atoms with E-state index in [2.05, 4.69) is 10.4 Å². The zero-order valence-corrected chi connectivity index (χ0v) is 8.13. The predicted molar refractivity (Wildman–Crippen MR) is 57.5 cm³/mol. The van der Waals surface area contributed by atoms with Gasteiger partial charge in [0, 0.05) is 18.1 Å². The molecule has 0 unspecified atom stereocenters. The van der Waals surface area contributed by atoms with Crippen molar-refractivity contribution in [1.29, 1.82) is 0 Å². The average Bonchev–Trinajstić information content (AvgIpc) is 2.74. The summed E-state index contributed by atoms with van der Waals surface area (Å²) in [6.07, 6.45) is 4.34. The number of hydrogen-bond donors (Lipinski definition) is 1. The van der Waals surface area contributed by atoms with Crippen LogP contribution < -0.4 is 5.32 Å². The molecule has 2 aromatic rings. The lowest BCUT2D eigenvalue weighted by molar-refractivity contribution is -0.105. The van der Waals surface area contributed by atoms with Crippen LogP contribution in [0.4, 0.5) is 5.69 Å². The van der Waals surface area contributed by atoms with Crippen molar-refractivity contribution in [1.82, 2.24) is 9.78 Å². The fraction of sp³-hybridized carbons (Fsp3) is 0.0909. The first-order chi connectivity index (χ1) is 7.38. The first-order valence-corrected chi connectivity index (χ1v) is 4.65. The number of anilines is 1. The Labute approximate surface area is 87.5 Å². The van der Waals surface area contributed by atoms with Gasteiger partial charge in [-0.25, -0.2) is 0 Å². The Morgan fingerprint density at radius 1 is 1.33 bits per heavy atom. The Morgan fingerprint density at radius 3 is 2.73 bits per heavy atom. The summed E-state index contributed by atoms with van der Waals surface area (Å²) >= 11 is 0. The highest BCUT2D eigenvalue weighted by atomic mass is 16.1. The van der Waals surface area contributed by atoms with Crippen molar-refractivity contribution in [3.8, 4) is 0 Å². The molecule has 4 nitrogen and oxygen atoms in total. The van der Waals surface area contributed by atoms with Gasteiger partial charge in [-0.15, -0.1) is 0 Å². The molecule has 1 aromatic carbocycles. The van der Waals surface area contributed by atoms with E-state index in [4.69, 9.17) is 0 Å². The largest absolute Gasteiger partial charge is 0.329 e. The number of nitrogens with one attached hydrogen (secondary N) is 1. The molecular formula is C11H11N3O. The molecule has 1 heterocycles. The van der Waals surface area contributed by atoms with Crippen LogP contribution in [0.15, 0.2) is 42.7 Å². The van der Waals surface area contributed by atoms with Crippen LogP contribution in [-0.2, 0) is 11.3 Å². The van der Waals surface area contributed by atoms with Gasteiger partial charge in [0.2, 0.25) is 6.41 Å². The zero-order valence-electron chi connectivity index (χ0n) is 8.13. The van der Waals surface area contributed by atoms with Crippen LogP contribution in [0.5, 0.6) is 0 Å². The van der Waals surface area contributed by atoms with Crippen LogP contribution in [0, 0.1) is 0 Å². The standard InChI is InChI=1S/C11H11N3O/c15-9-12-11-4-2-10(3-5-11)8-14-7-1-6-13-14/h1-7,9H,8H2,(H,12,15). The highest BCUT2D eigenvalue weighted by Gasteiger charge is 1.95. The van der Waals surface area contributed by atoms with E-state index >= 15 is 0 Å². The van der Waals surface area contributed by atoms with Crippen LogP contribution in [0.25, 0.3) is 0 Å². The quantitative estimate of drug-likeness (QED) is 0.762. The van der Waals surface area contributed by atoms with E-state index in [1.54, 1.807) is 6.20 Å². The number of amides is 1. The lowest BCUT2D eigenvalue weighted by Gasteiger charge is -2.03. The third kappa shape index (κ3) is 2.43. The molecule has 0 aliphatic heterocycles. The Bertz CT molecular complexity index is 420. The molecule has 1 aromatic heterocycles. The van der Waals surface area contributed by atoms with E-state index < -0.39 is 0 Å². The maximum atomic E-state index is 10.2. The molecule has 0 aliphatic rings. The summed E-state index contributed by atoms with van der Waals surface area (Å²) in [6.45, 7) is 0.744. The third-order valence-electron chi connectivity index (χ3n) is 2.08. The van der Waals surface area contributed by atoms with Gasteiger partial charge in [0.1, 0.15) is 0 Å². The van der Waals surface area contributed by atoms with Crippen molar-refractivity contribution in [3.63, 3.8) is 0 Å². The molecule has 0 atom stereocenters. The molecule has 0 aliphatic carbocycles. The minimum absolute atomic E-state index is 0.669. The summed E-state index contributed by atoms with van der Waals surface area (Å²) < 4.78 is 1.85. The fourth-order valence-electron chi connectivity index (χ4n) is 1.36. The summed E-state index contributed by atoms with van der Waals surface area (Å²) in [6, 6.07) is 9.56. The highest BCUT2D eigenvalue weighted by molar-refractivity contribution is 5.70. The maximum absolute atomic E-state index is 10.2. The van der Waals surface area contributed by atoms with Crippen molar-refractivity contribution in [2.24, 2.45) is 0 Å². The molecule has 2 rings (SSSR count). The van der Waals surface area contributed by atoms with Crippen LogP contribution in [0.1, 0.15) is 5.56 Å². The summed E-state index contributed by atoms with van der Waals surface area (Å²) in [5.41, 5.74) is 1.95. The number of benzene rings is 1. The van der Waals surface area contributed by atoms with Gasteiger partial charge in [-0.2, -0.15) is 5.10 Å². The fourth-order valence-corrected chi connectivity index (χ4v) is 1.36. The van der Waals surface area contributed by atoms with E-state index in [1.807, 2.05) is 41.2 Å². The van der Waals surface area contributed by atoms with Gasteiger partial charge in [-0.3, -0.25) is 9.48 Å². The van der Waals surface area contributed by atoms with Crippen molar-refractivity contribution in [2.75, 3.05) is 5.32 Å². The number of carbonyl (C=O) groups is 1. The topological polar surface area (TPSA) is 46.9 Å². The molecule has 1 N–H and O–H groups in total. The minimum atomic E-state index is 0.669. The predicted octanol–water partition coefficient (Wildman–Crippen LogP) is 1.50. The summed E-state index contributed by atoms with van der Waals surface area (Å²) in [7, 11) is 0. The van der Waals surface area contributed by atoms with Gasteiger partial charge in [-0.1, -0.05) is 12.1 Å². The molecule has 0 radical (unpaired) electrons. The monoisotopic (exact) mass is 201 g/mol. The smallest absolute Gasteiger partial charge is 0.211 e. The van der Waals surface area contributed by atoms with E-state index in [0.717, 1.165) is 17.8 Å². The molecule has 0 fully saturated rings. The number of carbonyl (C=O) groups excluding carboxylic acids is 1. The number of hydrogen-bond acceptors (Lipinski definition) is 2. The average molecular weight is 201 g/mol.